The molecular weight excluding hydrogens is 160 g/mol. The highest BCUT2D eigenvalue weighted by atomic mass is 16.7. The smallest absolute Gasteiger partial charge is 0.431 e. The van der Waals surface area contributed by atoms with Gasteiger partial charge in [0.15, 0.2) is 0 Å². The molecule has 5 nitrogen and oxygen atoms in total. The van der Waals surface area contributed by atoms with Crippen LogP contribution in [0.25, 0.3) is 0 Å². The maximum Gasteiger partial charge on any atom is 0.431 e. The Morgan fingerprint density at radius 1 is 1.75 bits per heavy atom. The molecule has 70 valence electrons. The minimum Gasteiger partial charge on any atom is -0.451 e. The molecule has 1 fully saturated rings. The molecule has 5 heteroatoms. The van der Waals surface area contributed by atoms with E-state index in [9.17, 15) is 4.79 Å². The lowest BCUT2D eigenvalue weighted by Gasteiger charge is -2.09. The van der Waals surface area contributed by atoms with Crippen LogP contribution in [0.4, 0.5) is 4.79 Å². The maximum atomic E-state index is 10.5. The van der Waals surface area contributed by atoms with Crippen LogP contribution in [-0.2, 0) is 9.57 Å². The topological polar surface area (TPSA) is 59.6 Å². The van der Waals surface area contributed by atoms with Crippen LogP contribution in [0.3, 0.4) is 0 Å². The summed E-state index contributed by atoms with van der Waals surface area (Å²) >= 11 is 0. The van der Waals surface area contributed by atoms with Crippen LogP contribution < -0.4 is 10.8 Å². The normalized spacial score (nSPS) is 22.2. The third kappa shape index (κ3) is 3.06. The van der Waals surface area contributed by atoms with Crippen molar-refractivity contribution in [2.45, 2.75) is 18.9 Å². The molecule has 1 amide bonds. The first-order valence-corrected chi connectivity index (χ1v) is 4.02. The minimum absolute atomic E-state index is 0.363. The molecular formula is C7H14N2O3. The van der Waals surface area contributed by atoms with Crippen molar-refractivity contribution in [2.24, 2.45) is 0 Å². The lowest BCUT2D eigenvalue weighted by atomic mass is 10.2. The van der Waals surface area contributed by atoms with Crippen LogP contribution in [0.15, 0.2) is 0 Å². The number of ether oxygens (including phenoxy) is 1. The van der Waals surface area contributed by atoms with E-state index in [0.717, 1.165) is 13.0 Å². The summed E-state index contributed by atoms with van der Waals surface area (Å²) in [6.07, 6.45) is 1.71. The van der Waals surface area contributed by atoms with Crippen LogP contribution in [-0.4, -0.2) is 32.4 Å². The van der Waals surface area contributed by atoms with Crippen molar-refractivity contribution in [2.75, 3.05) is 20.3 Å². The number of amides is 1. The van der Waals surface area contributed by atoms with Crippen molar-refractivity contribution in [3.8, 4) is 0 Å². The molecule has 12 heavy (non-hydrogen) atoms. The Morgan fingerprint density at radius 3 is 3.17 bits per heavy atom. The zero-order valence-corrected chi connectivity index (χ0v) is 7.13. The number of carbonyl (C=O) groups excluding carboxylic acids is 1. The molecule has 1 aliphatic heterocycles. The highest BCUT2D eigenvalue weighted by molar-refractivity contribution is 5.65. The number of methoxy groups -OCH3 is 1. The van der Waals surface area contributed by atoms with Gasteiger partial charge in [-0.05, 0) is 19.4 Å². The van der Waals surface area contributed by atoms with Gasteiger partial charge in [0, 0.05) is 6.04 Å². The van der Waals surface area contributed by atoms with Crippen molar-refractivity contribution in [3.63, 3.8) is 0 Å². The summed E-state index contributed by atoms with van der Waals surface area (Å²) in [5, 5.41) is 3.23. The number of hydrogen-bond acceptors (Lipinski definition) is 4. The van der Waals surface area contributed by atoms with Crippen molar-refractivity contribution in [1.29, 1.82) is 0 Å². The number of hydrogen-bond donors (Lipinski definition) is 2. The van der Waals surface area contributed by atoms with E-state index in [-0.39, 0.29) is 0 Å². The Labute approximate surface area is 71.4 Å². The number of hydroxylamine groups is 1. The number of rotatable bonds is 3. The Kier molecular flexibility index (Phi) is 3.83. The quantitative estimate of drug-likeness (QED) is 0.592. The van der Waals surface area contributed by atoms with Gasteiger partial charge in [-0.25, -0.2) is 4.79 Å². The van der Waals surface area contributed by atoms with Gasteiger partial charge < -0.3 is 10.1 Å². The fraction of sp³-hybridized carbons (Fsp3) is 0.857. The number of carbonyl (C=O) groups is 1. The third-order valence-corrected chi connectivity index (χ3v) is 1.79. The van der Waals surface area contributed by atoms with Gasteiger partial charge in [0.1, 0.15) is 0 Å². The van der Waals surface area contributed by atoms with E-state index in [4.69, 9.17) is 4.84 Å². The Morgan fingerprint density at radius 2 is 2.58 bits per heavy atom. The van der Waals surface area contributed by atoms with Crippen LogP contribution in [0.5, 0.6) is 0 Å². The summed E-state index contributed by atoms with van der Waals surface area (Å²) < 4.78 is 4.32. The second-order valence-electron chi connectivity index (χ2n) is 2.70. The van der Waals surface area contributed by atoms with E-state index in [1.54, 1.807) is 0 Å². The molecule has 0 bridgehead atoms. The molecule has 0 aromatic heterocycles. The highest BCUT2D eigenvalue weighted by Gasteiger charge is 2.14. The van der Waals surface area contributed by atoms with E-state index in [1.165, 1.54) is 13.5 Å². The summed E-state index contributed by atoms with van der Waals surface area (Å²) in [6.45, 7) is 1.53. The Bertz CT molecular complexity index is 146. The standard InChI is InChI=1S/C7H14N2O3/c1-11-7(10)9-12-5-6-3-2-4-8-6/h6,8H,2-5H2,1H3,(H,9,10). The molecule has 1 heterocycles. The van der Waals surface area contributed by atoms with Gasteiger partial charge in [-0.1, -0.05) is 0 Å². The average molecular weight is 174 g/mol. The van der Waals surface area contributed by atoms with Gasteiger partial charge in [-0.3, -0.25) is 4.84 Å². The Hall–Kier alpha value is -0.810. The van der Waals surface area contributed by atoms with Crippen molar-refractivity contribution in [1.82, 2.24) is 10.8 Å². The predicted octanol–water partition coefficient (Wildman–Crippen LogP) is 0.0260. The fourth-order valence-electron chi connectivity index (χ4n) is 1.14. The van der Waals surface area contributed by atoms with Gasteiger partial charge in [0.25, 0.3) is 0 Å². The molecule has 1 unspecified atom stereocenters. The van der Waals surface area contributed by atoms with Crippen LogP contribution in [0, 0.1) is 0 Å². The molecule has 0 aliphatic carbocycles. The number of nitrogens with one attached hydrogen (secondary N) is 2. The fourth-order valence-corrected chi connectivity index (χ4v) is 1.14. The minimum atomic E-state index is -0.562. The van der Waals surface area contributed by atoms with Gasteiger partial charge in [0.05, 0.1) is 13.7 Å². The van der Waals surface area contributed by atoms with Gasteiger partial charge in [0.2, 0.25) is 0 Å². The largest absolute Gasteiger partial charge is 0.451 e. The van der Waals surface area contributed by atoms with Crippen molar-refractivity contribution < 1.29 is 14.4 Å². The molecule has 0 aromatic carbocycles. The summed E-state index contributed by atoms with van der Waals surface area (Å²) in [6, 6.07) is 0.363. The summed E-state index contributed by atoms with van der Waals surface area (Å²) in [4.78, 5) is 15.4. The van der Waals surface area contributed by atoms with Crippen LogP contribution in [0.1, 0.15) is 12.8 Å². The average Bonchev–Trinajstić information content (AvgIpc) is 2.57. The van der Waals surface area contributed by atoms with Gasteiger partial charge in [-0.15, -0.1) is 0 Å². The summed E-state index contributed by atoms with van der Waals surface area (Å²) in [7, 11) is 1.30. The molecule has 1 saturated heterocycles. The van der Waals surface area contributed by atoms with Crippen molar-refractivity contribution >= 4 is 6.09 Å². The third-order valence-electron chi connectivity index (χ3n) is 1.79. The second kappa shape index (κ2) is 4.95. The lowest BCUT2D eigenvalue weighted by Crippen LogP contribution is -2.32. The maximum absolute atomic E-state index is 10.5. The van der Waals surface area contributed by atoms with Crippen molar-refractivity contribution in [3.05, 3.63) is 0 Å². The van der Waals surface area contributed by atoms with Crippen LogP contribution >= 0.6 is 0 Å². The monoisotopic (exact) mass is 174 g/mol. The van der Waals surface area contributed by atoms with Gasteiger partial charge in [-0.2, -0.15) is 5.48 Å². The predicted molar refractivity (Wildman–Crippen MR) is 42.5 cm³/mol. The molecule has 1 atom stereocenters. The lowest BCUT2D eigenvalue weighted by molar-refractivity contribution is 0.0261. The first kappa shape index (κ1) is 9.28. The van der Waals surface area contributed by atoms with Crippen LogP contribution in [0.2, 0.25) is 0 Å². The van der Waals surface area contributed by atoms with Gasteiger partial charge >= 0.3 is 6.09 Å². The van der Waals surface area contributed by atoms with E-state index in [1.807, 2.05) is 0 Å². The zero-order valence-electron chi connectivity index (χ0n) is 7.13. The highest BCUT2D eigenvalue weighted by Crippen LogP contribution is 2.03. The first-order chi connectivity index (χ1) is 5.83. The first-order valence-electron chi connectivity index (χ1n) is 4.02. The molecule has 0 aromatic rings. The SMILES string of the molecule is COC(=O)NOCC1CCCN1. The van der Waals surface area contributed by atoms with E-state index in [0.29, 0.717) is 12.6 Å². The summed E-state index contributed by atoms with van der Waals surface area (Å²) in [5.74, 6) is 0. The van der Waals surface area contributed by atoms with E-state index in [2.05, 4.69) is 15.5 Å². The molecule has 1 aliphatic rings. The molecule has 0 saturated carbocycles. The summed E-state index contributed by atoms with van der Waals surface area (Å²) in [5.41, 5.74) is 2.16. The molecule has 2 N–H and O–H groups in total. The molecule has 0 radical (unpaired) electrons. The van der Waals surface area contributed by atoms with E-state index >= 15 is 0 Å². The van der Waals surface area contributed by atoms with E-state index < -0.39 is 6.09 Å². The molecule has 0 spiro atoms. The zero-order chi connectivity index (χ0) is 8.81. The Balaban J connectivity index is 1.97. The molecule has 1 rings (SSSR count). The second-order valence-corrected chi connectivity index (χ2v) is 2.70.